The Bertz CT molecular complexity index is 305. The number of rotatable bonds is 5. The maximum atomic E-state index is 10.7. The number of hydrogen-bond acceptors (Lipinski definition) is 3. The molecule has 0 aromatic heterocycles. The van der Waals surface area contributed by atoms with Gasteiger partial charge in [-0.2, -0.15) is 0 Å². The zero-order valence-electron chi connectivity index (χ0n) is 13.3. The van der Waals surface area contributed by atoms with Gasteiger partial charge in [-0.05, 0) is 55.8 Å². The molecule has 0 saturated heterocycles. The average Bonchev–Trinajstić information content (AvgIpc) is 2.39. The van der Waals surface area contributed by atoms with Gasteiger partial charge in [0, 0.05) is 7.11 Å². The molecule has 0 heterocycles. The van der Waals surface area contributed by atoms with Crippen molar-refractivity contribution < 1.29 is 14.9 Å². The lowest BCUT2D eigenvalue weighted by Crippen LogP contribution is -2.50. The molecule has 2 aliphatic rings. The highest BCUT2D eigenvalue weighted by molar-refractivity contribution is 4.97. The topological polar surface area (TPSA) is 49.7 Å². The second-order valence-electron chi connectivity index (χ2n) is 7.32. The van der Waals surface area contributed by atoms with Crippen LogP contribution in [0.4, 0.5) is 0 Å². The minimum absolute atomic E-state index is 0.164. The van der Waals surface area contributed by atoms with Crippen LogP contribution in [0.1, 0.15) is 58.8 Å². The molecule has 2 aliphatic carbocycles. The van der Waals surface area contributed by atoms with Crippen LogP contribution in [0.25, 0.3) is 0 Å². The molecule has 0 radical (unpaired) electrons. The van der Waals surface area contributed by atoms with Gasteiger partial charge in [-0.15, -0.1) is 0 Å². The number of hydrogen-bond donors (Lipinski definition) is 2. The van der Waals surface area contributed by atoms with E-state index in [0.717, 1.165) is 32.1 Å². The minimum atomic E-state index is -0.655. The Balaban J connectivity index is 1.98. The molecule has 0 aliphatic heterocycles. The largest absolute Gasteiger partial charge is 0.393 e. The molecule has 118 valence electrons. The van der Waals surface area contributed by atoms with Crippen LogP contribution in [-0.4, -0.2) is 35.6 Å². The van der Waals surface area contributed by atoms with E-state index in [-0.39, 0.29) is 6.10 Å². The standard InChI is InChI=1S/C17H32O3/c1-4-5-12(2)14-7-6-13-10-17(19,11-20-3)9-8-15(13)16(14)18/h12-16,18-19H,4-11H2,1-3H3/t12-,13+,14-,15-,16?,17+/m0/s1. The Labute approximate surface area is 123 Å². The summed E-state index contributed by atoms with van der Waals surface area (Å²) in [4.78, 5) is 0. The first-order valence-corrected chi connectivity index (χ1v) is 8.40. The van der Waals surface area contributed by atoms with E-state index in [1.807, 2.05) is 0 Å². The SMILES string of the molecule is CCC[C@H](C)[C@@H]1CC[C@@H]2C[C@@](O)(COC)CC[C@@H]2C1O. The molecule has 6 atom stereocenters. The number of aliphatic hydroxyl groups excluding tert-OH is 1. The first-order valence-electron chi connectivity index (χ1n) is 8.40. The minimum Gasteiger partial charge on any atom is -0.393 e. The fourth-order valence-corrected chi connectivity index (χ4v) is 4.76. The maximum Gasteiger partial charge on any atom is 0.0882 e. The number of fused-ring (bicyclic) bond motifs is 1. The van der Waals surface area contributed by atoms with Crippen LogP contribution in [0.3, 0.4) is 0 Å². The Morgan fingerprint density at radius 2 is 2.05 bits per heavy atom. The van der Waals surface area contributed by atoms with Crippen LogP contribution in [0, 0.1) is 23.7 Å². The zero-order valence-corrected chi connectivity index (χ0v) is 13.3. The van der Waals surface area contributed by atoms with E-state index >= 15 is 0 Å². The number of methoxy groups -OCH3 is 1. The Kier molecular flexibility index (Phi) is 5.49. The average molecular weight is 284 g/mol. The van der Waals surface area contributed by atoms with E-state index in [1.54, 1.807) is 7.11 Å². The monoisotopic (exact) mass is 284 g/mol. The summed E-state index contributed by atoms with van der Waals surface area (Å²) in [6.07, 6.45) is 7.05. The van der Waals surface area contributed by atoms with Crippen LogP contribution >= 0.6 is 0 Å². The van der Waals surface area contributed by atoms with E-state index in [4.69, 9.17) is 4.74 Å². The lowest BCUT2D eigenvalue weighted by atomic mass is 9.60. The summed E-state index contributed by atoms with van der Waals surface area (Å²) >= 11 is 0. The summed E-state index contributed by atoms with van der Waals surface area (Å²) in [7, 11) is 1.65. The Hall–Kier alpha value is -0.120. The highest BCUT2D eigenvalue weighted by Crippen LogP contribution is 2.48. The molecule has 3 nitrogen and oxygen atoms in total. The first-order chi connectivity index (χ1) is 9.50. The Morgan fingerprint density at radius 3 is 2.70 bits per heavy atom. The van der Waals surface area contributed by atoms with Crippen molar-refractivity contribution in [3.8, 4) is 0 Å². The summed E-state index contributed by atoms with van der Waals surface area (Å²) in [6.45, 7) is 4.95. The molecule has 20 heavy (non-hydrogen) atoms. The number of aliphatic hydroxyl groups is 2. The maximum absolute atomic E-state index is 10.7. The van der Waals surface area contributed by atoms with E-state index in [0.29, 0.717) is 30.3 Å². The van der Waals surface area contributed by atoms with Gasteiger partial charge in [0.05, 0.1) is 18.3 Å². The molecule has 2 saturated carbocycles. The van der Waals surface area contributed by atoms with Crippen molar-refractivity contribution in [1.29, 1.82) is 0 Å². The molecule has 0 aromatic carbocycles. The van der Waals surface area contributed by atoms with Gasteiger partial charge in [0.15, 0.2) is 0 Å². The molecular formula is C17H32O3. The van der Waals surface area contributed by atoms with Crippen molar-refractivity contribution in [2.75, 3.05) is 13.7 Å². The van der Waals surface area contributed by atoms with Crippen molar-refractivity contribution in [3.63, 3.8) is 0 Å². The lowest BCUT2D eigenvalue weighted by Gasteiger charge is -2.49. The van der Waals surface area contributed by atoms with Crippen LogP contribution in [-0.2, 0) is 4.74 Å². The Morgan fingerprint density at radius 1 is 1.30 bits per heavy atom. The molecule has 0 aromatic rings. The van der Waals surface area contributed by atoms with Crippen molar-refractivity contribution in [2.45, 2.75) is 70.5 Å². The van der Waals surface area contributed by atoms with Crippen molar-refractivity contribution in [2.24, 2.45) is 23.7 Å². The molecular weight excluding hydrogens is 252 g/mol. The molecule has 3 heteroatoms. The fourth-order valence-electron chi connectivity index (χ4n) is 4.76. The molecule has 2 fully saturated rings. The third kappa shape index (κ3) is 3.37. The molecule has 2 N–H and O–H groups in total. The predicted molar refractivity (Wildman–Crippen MR) is 80.5 cm³/mol. The fraction of sp³-hybridized carbons (Fsp3) is 1.00. The van der Waals surface area contributed by atoms with Crippen molar-refractivity contribution >= 4 is 0 Å². The normalized spacial score (nSPS) is 43.0. The summed E-state index contributed by atoms with van der Waals surface area (Å²) in [5.74, 6) is 1.95. The summed E-state index contributed by atoms with van der Waals surface area (Å²) in [5.41, 5.74) is -0.655. The van der Waals surface area contributed by atoms with E-state index in [1.165, 1.54) is 12.8 Å². The van der Waals surface area contributed by atoms with Gasteiger partial charge in [-0.3, -0.25) is 0 Å². The van der Waals surface area contributed by atoms with E-state index < -0.39 is 5.60 Å². The van der Waals surface area contributed by atoms with E-state index in [2.05, 4.69) is 13.8 Å². The van der Waals surface area contributed by atoms with Crippen LogP contribution in [0.15, 0.2) is 0 Å². The van der Waals surface area contributed by atoms with Crippen LogP contribution in [0.5, 0.6) is 0 Å². The number of ether oxygens (including phenoxy) is 1. The summed E-state index contributed by atoms with van der Waals surface area (Å²) < 4.78 is 5.17. The zero-order chi connectivity index (χ0) is 14.8. The highest BCUT2D eigenvalue weighted by atomic mass is 16.5. The van der Waals surface area contributed by atoms with Gasteiger partial charge < -0.3 is 14.9 Å². The van der Waals surface area contributed by atoms with Crippen molar-refractivity contribution in [3.05, 3.63) is 0 Å². The van der Waals surface area contributed by atoms with Gasteiger partial charge in [0.25, 0.3) is 0 Å². The molecule has 1 unspecified atom stereocenters. The molecule has 0 amide bonds. The highest BCUT2D eigenvalue weighted by Gasteiger charge is 2.47. The van der Waals surface area contributed by atoms with Crippen LogP contribution < -0.4 is 0 Å². The molecule has 2 rings (SSSR count). The molecule has 0 spiro atoms. The van der Waals surface area contributed by atoms with Crippen LogP contribution in [0.2, 0.25) is 0 Å². The van der Waals surface area contributed by atoms with Gasteiger partial charge >= 0.3 is 0 Å². The lowest BCUT2D eigenvalue weighted by molar-refractivity contribution is -0.125. The predicted octanol–water partition coefficient (Wildman–Crippen LogP) is 2.99. The van der Waals surface area contributed by atoms with E-state index in [9.17, 15) is 10.2 Å². The van der Waals surface area contributed by atoms with Gasteiger partial charge in [-0.25, -0.2) is 0 Å². The first kappa shape index (κ1) is 16.3. The van der Waals surface area contributed by atoms with Gasteiger partial charge in [0.2, 0.25) is 0 Å². The third-order valence-electron chi connectivity index (χ3n) is 5.83. The summed E-state index contributed by atoms with van der Waals surface area (Å²) in [6, 6.07) is 0. The second-order valence-corrected chi connectivity index (χ2v) is 7.32. The van der Waals surface area contributed by atoms with Gasteiger partial charge in [0.1, 0.15) is 0 Å². The van der Waals surface area contributed by atoms with Crippen molar-refractivity contribution in [1.82, 2.24) is 0 Å². The quantitative estimate of drug-likeness (QED) is 0.816. The molecule has 0 bridgehead atoms. The smallest absolute Gasteiger partial charge is 0.0882 e. The summed E-state index contributed by atoms with van der Waals surface area (Å²) in [5, 5.41) is 21.3. The third-order valence-corrected chi connectivity index (χ3v) is 5.83. The van der Waals surface area contributed by atoms with Gasteiger partial charge in [-0.1, -0.05) is 26.7 Å². The second kappa shape index (κ2) is 6.76.